The van der Waals surface area contributed by atoms with Crippen LogP contribution in [0.3, 0.4) is 0 Å². The first kappa shape index (κ1) is 13.4. The van der Waals surface area contributed by atoms with Crippen molar-refractivity contribution in [1.82, 2.24) is 0 Å². The third kappa shape index (κ3) is 2.67. The number of halogens is 1. The Balaban J connectivity index is 2.35. The average molecular weight is 353 g/mol. The molecule has 0 aliphatic rings. The molecular formula is C15H16INO. The van der Waals surface area contributed by atoms with Crippen molar-refractivity contribution in [2.24, 2.45) is 5.73 Å². The van der Waals surface area contributed by atoms with Crippen LogP contribution in [0.4, 0.5) is 0 Å². The number of aryl methyl sites for hydroxylation is 1. The first-order chi connectivity index (χ1) is 8.63. The molecule has 0 saturated heterocycles. The Morgan fingerprint density at radius 2 is 1.78 bits per heavy atom. The number of methoxy groups -OCH3 is 1. The molecule has 0 heterocycles. The predicted molar refractivity (Wildman–Crippen MR) is 82.9 cm³/mol. The summed E-state index contributed by atoms with van der Waals surface area (Å²) in [6.07, 6.45) is 0. The molecule has 0 aromatic heterocycles. The first-order valence-electron chi connectivity index (χ1n) is 5.78. The van der Waals surface area contributed by atoms with Crippen molar-refractivity contribution in [3.63, 3.8) is 0 Å². The fraction of sp³-hybridized carbons (Fsp3) is 0.200. The third-order valence-corrected chi connectivity index (χ3v) is 4.51. The van der Waals surface area contributed by atoms with Crippen LogP contribution in [0.2, 0.25) is 0 Å². The molecule has 18 heavy (non-hydrogen) atoms. The molecule has 0 amide bonds. The van der Waals surface area contributed by atoms with Gasteiger partial charge in [-0.25, -0.2) is 0 Å². The van der Waals surface area contributed by atoms with Gasteiger partial charge in [0.2, 0.25) is 0 Å². The van der Waals surface area contributed by atoms with Gasteiger partial charge in [0.1, 0.15) is 5.75 Å². The van der Waals surface area contributed by atoms with Crippen LogP contribution < -0.4 is 10.5 Å². The van der Waals surface area contributed by atoms with Crippen molar-refractivity contribution in [2.45, 2.75) is 13.0 Å². The Labute approximate surface area is 121 Å². The lowest BCUT2D eigenvalue weighted by atomic mass is 9.98. The van der Waals surface area contributed by atoms with Crippen molar-refractivity contribution >= 4 is 22.6 Å². The summed E-state index contributed by atoms with van der Waals surface area (Å²) in [5, 5.41) is 0. The highest BCUT2D eigenvalue weighted by Crippen LogP contribution is 2.27. The van der Waals surface area contributed by atoms with Gasteiger partial charge in [-0.05, 0) is 58.3 Å². The van der Waals surface area contributed by atoms with Gasteiger partial charge in [0.25, 0.3) is 0 Å². The molecule has 3 heteroatoms. The maximum absolute atomic E-state index is 6.33. The van der Waals surface area contributed by atoms with E-state index in [9.17, 15) is 0 Å². The van der Waals surface area contributed by atoms with Crippen LogP contribution in [0, 0.1) is 10.5 Å². The van der Waals surface area contributed by atoms with E-state index in [1.54, 1.807) is 7.11 Å². The summed E-state index contributed by atoms with van der Waals surface area (Å²) in [5.41, 5.74) is 9.86. The monoisotopic (exact) mass is 353 g/mol. The largest absolute Gasteiger partial charge is 0.497 e. The van der Waals surface area contributed by atoms with Crippen LogP contribution in [-0.4, -0.2) is 7.11 Å². The highest BCUT2D eigenvalue weighted by atomic mass is 127. The Kier molecular flexibility index (Phi) is 4.24. The average Bonchev–Trinajstić information content (AvgIpc) is 2.41. The summed E-state index contributed by atoms with van der Waals surface area (Å²) < 4.78 is 6.39. The summed E-state index contributed by atoms with van der Waals surface area (Å²) >= 11 is 2.36. The van der Waals surface area contributed by atoms with Crippen LogP contribution in [0.15, 0.2) is 42.5 Å². The van der Waals surface area contributed by atoms with Crippen LogP contribution >= 0.6 is 22.6 Å². The fourth-order valence-corrected chi connectivity index (χ4v) is 2.60. The molecule has 2 nitrogen and oxygen atoms in total. The maximum atomic E-state index is 6.33. The molecule has 2 aromatic rings. The number of rotatable bonds is 3. The van der Waals surface area contributed by atoms with Crippen molar-refractivity contribution in [1.29, 1.82) is 0 Å². The first-order valence-corrected chi connectivity index (χ1v) is 6.86. The van der Waals surface area contributed by atoms with Gasteiger partial charge in [-0.2, -0.15) is 0 Å². The maximum Gasteiger partial charge on any atom is 0.118 e. The highest BCUT2D eigenvalue weighted by Gasteiger charge is 2.13. The van der Waals surface area contributed by atoms with E-state index in [-0.39, 0.29) is 6.04 Å². The van der Waals surface area contributed by atoms with Crippen LogP contribution in [-0.2, 0) is 0 Å². The van der Waals surface area contributed by atoms with Gasteiger partial charge in [-0.15, -0.1) is 0 Å². The van der Waals surface area contributed by atoms with Gasteiger partial charge >= 0.3 is 0 Å². The molecule has 2 N–H and O–H groups in total. The van der Waals surface area contributed by atoms with E-state index < -0.39 is 0 Å². The topological polar surface area (TPSA) is 35.2 Å². The van der Waals surface area contributed by atoms with E-state index in [1.807, 2.05) is 24.3 Å². The molecule has 2 rings (SSSR count). The minimum Gasteiger partial charge on any atom is -0.497 e. The van der Waals surface area contributed by atoms with E-state index in [4.69, 9.17) is 10.5 Å². The zero-order valence-corrected chi connectivity index (χ0v) is 12.6. The second-order valence-electron chi connectivity index (χ2n) is 4.23. The minimum atomic E-state index is -0.0947. The van der Waals surface area contributed by atoms with Gasteiger partial charge in [-0.1, -0.05) is 30.3 Å². The molecule has 0 aliphatic carbocycles. The van der Waals surface area contributed by atoms with Crippen molar-refractivity contribution in [3.8, 4) is 5.75 Å². The lowest BCUT2D eigenvalue weighted by Gasteiger charge is -2.16. The summed E-state index contributed by atoms with van der Waals surface area (Å²) in [6, 6.07) is 14.1. The van der Waals surface area contributed by atoms with E-state index in [0.29, 0.717) is 0 Å². The molecule has 0 aliphatic heterocycles. The van der Waals surface area contributed by atoms with Gasteiger partial charge in [0, 0.05) is 3.57 Å². The number of hydrogen-bond acceptors (Lipinski definition) is 2. The zero-order chi connectivity index (χ0) is 13.1. The third-order valence-electron chi connectivity index (χ3n) is 3.03. The molecule has 2 aromatic carbocycles. The van der Waals surface area contributed by atoms with Crippen LogP contribution in [0.1, 0.15) is 22.7 Å². The molecule has 1 atom stereocenters. The van der Waals surface area contributed by atoms with Crippen LogP contribution in [0.25, 0.3) is 0 Å². The normalized spacial score (nSPS) is 12.2. The molecule has 94 valence electrons. The molecule has 0 saturated carbocycles. The van der Waals surface area contributed by atoms with Crippen molar-refractivity contribution in [3.05, 3.63) is 62.7 Å². The molecule has 1 unspecified atom stereocenters. The van der Waals surface area contributed by atoms with E-state index in [0.717, 1.165) is 11.3 Å². The molecule has 0 fully saturated rings. The van der Waals surface area contributed by atoms with E-state index >= 15 is 0 Å². The van der Waals surface area contributed by atoms with Gasteiger partial charge in [-0.3, -0.25) is 0 Å². The summed E-state index contributed by atoms with van der Waals surface area (Å²) in [7, 11) is 1.67. The highest BCUT2D eigenvalue weighted by molar-refractivity contribution is 14.1. The van der Waals surface area contributed by atoms with Crippen molar-refractivity contribution in [2.75, 3.05) is 7.11 Å². The van der Waals surface area contributed by atoms with Gasteiger partial charge in [0.15, 0.2) is 0 Å². The Bertz CT molecular complexity index is 537. The van der Waals surface area contributed by atoms with Gasteiger partial charge < -0.3 is 10.5 Å². The smallest absolute Gasteiger partial charge is 0.118 e. The fourth-order valence-electron chi connectivity index (χ4n) is 1.90. The predicted octanol–water partition coefficient (Wildman–Crippen LogP) is 3.66. The van der Waals surface area contributed by atoms with Gasteiger partial charge in [0.05, 0.1) is 13.2 Å². The lowest BCUT2D eigenvalue weighted by Crippen LogP contribution is -2.13. The standard InChI is InChI=1S/C15H16INO/c1-10-4-3-5-13(14(10)16)15(17)11-6-8-12(18-2)9-7-11/h3-9,15H,17H2,1-2H3. The summed E-state index contributed by atoms with van der Waals surface area (Å²) in [5.74, 6) is 0.852. The summed E-state index contributed by atoms with van der Waals surface area (Å²) in [6.45, 7) is 2.10. The number of nitrogens with two attached hydrogens (primary N) is 1. The molecule has 0 radical (unpaired) electrons. The van der Waals surface area contributed by atoms with Crippen LogP contribution in [0.5, 0.6) is 5.75 Å². The molecule has 0 bridgehead atoms. The van der Waals surface area contributed by atoms with Crippen molar-refractivity contribution < 1.29 is 4.74 Å². The number of ether oxygens (including phenoxy) is 1. The Morgan fingerprint density at radius 1 is 1.11 bits per heavy atom. The number of benzene rings is 2. The Morgan fingerprint density at radius 3 is 2.39 bits per heavy atom. The quantitative estimate of drug-likeness (QED) is 0.855. The zero-order valence-electron chi connectivity index (χ0n) is 10.5. The minimum absolute atomic E-state index is 0.0947. The van der Waals surface area contributed by atoms with E-state index in [2.05, 4.69) is 47.7 Å². The SMILES string of the molecule is COc1ccc(C(N)c2cccc(C)c2I)cc1. The second-order valence-corrected chi connectivity index (χ2v) is 5.31. The molecule has 0 spiro atoms. The Hall–Kier alpha value is -1.07. The lowest BCUT2D eigenvalue weighted by molar-refractivity contribution is 0.414. The summed E-state index contributed by atoms with van der Waals surface area (Å²) in [4.78, 5) is 0. The number of hydrogen-bond donors (Lipinski definition) is 1. The van der Waals surface area contributed by atoms with E-state index in [1.165, 1.54) is 14.7 Å². The molecular weight excluding hydrogens is 337 g/mol. The second kappa shape index (κ2) is 5.71.